The van der Waals surface area contributed by atoms with Crippen molar-refractivity contribution in [3.8, 4) is 0 Å². The van der Waals surface area contributed by atoms with Crippen molar-refractivity contribution in [2.45, 2.75) is 12.8 Å². The van der Waals surface area contributed by atoms with E-state index in [0.717, 1.165) is 17.7 Å². The summed E-state index contributed by atoms with van der Waals surface area (Å²) < 4.78 is 25.6. The highest BCUT2D eigenvalue weighted by Gasteiger charge is 2.09. The van der Waals surface area contributed by atoms with Crippen LogP contribution in [0, 0.1) is 11.6 Å². The fourth-order valence-corrected chi connectivity index (χ4v) is 2.21. The highest BCUT2D eigenvalue weighted by atomic mass is 32.1. The summed E-state index contributed by atoms with van der Waals surface area (Å²) >= 11 is 1.57. The number of thiophene rings is 1. The zero-order valence-electron chi connectivity index (χ0n) is 8.95. The maximum absolute atomic E-state index is 12.9. The average Bonchev–Trinajstić information content (AvgIpc) is 2.82. The lowest BCUT2D eigenvalue weighted by Gasteiger charge is -2.01. The van der Waals surface area contributed by atoms with Crippen molar-refractivity contribution < 1.29 is 13.6 Å². The van der Waals surface area contributed by atoms with Crippen LogP contribution in [0.5, 0.6) is 0 Å². The van der Waals surface area contributed by atoms with E-state index in [0.29, 0.717) is 12.8 Å². The van der Waals surface area contributed by atoms with Crippen molar-refractivity contribution in [1.82, 2.24) is 0 Å². The predicted molar refractivity (Wildman–Crippen MR) is 63.3 cm³/mol. The summed E-state index contributed by atoms with van der Waals surface area (Å²) in [6.45, 7) is 0. The van der Waals surface area contributed by atoms with Crippen molar-refractivity contribution in [2.75, 3.05) is 0 Å². The summed E-state index contributed by atoms with van der Waals surface area (Å²) in [5.41, 5.74) is 1.31. The molecule has 2 aromatic rings. The Morgan fingerprint density at radius 2 is 2.00 bits per heavy atom. The van der Waals surface area contributed by atoms with Gasteiger partial charge < -0.3 is 0 Å². The van der Waals surface area contributed by atoms with Gasteiger partial charge in [0.15, 0.2) is 17.4 Å². The van der Waals surface area contributed by atoms with E-state index in [-0.39, 0.29) is 11.3 Å². The molecule has 0 amide bonds. The Bertz CT molecular complexity index is 520. The molecule has 1 heterocycles. The normalized spacial score (nSPS) is 10.5. The van der Waals surface area contributed by atoms with Gasteiger partial charge in [0.05, 0.1) is 0 Å². The van der Waals surface area contributed by atoms with Gasteiger partial charge in [0, 0.05) is 12.0 Å². The molecule has 0 aliphatic heterocycles. The molecule has 0 radical (unpaired) electrons. The molecule has 17 heavy (non-hydrogen) atoms. The van der Waals surface area contributed by atoms with Gasteiger partial charge in [0.1, 0.15) is 0 Å². The monoisotopic (exact) mass is 252 g/mol. The zero-order chi connectivity index (χ0) is 12.3. The highest BCUT2D eigenvalue weighted by molar-refractivity contribution is 7.07. The first-order chi connectivity index (χ1) is 8.16. The van der Waals surface area contributed by atoms with Gasteiger partial charge in [-0.05, 0) is 47.0 Å². The van der Waals surface area contributed by atoms with Crippen LogP contribution in [0.1, 0.15) is 22.3 Å². The van der Waals surface area contributed by atoms with Crippen LogP contribution in [0.4, 0.5) is 8.78 Å². The molecule has 1 nitrogen and oxygen atoms in total. The van der Waals surface area contributed by atoms with E-state index in [1.54, 1.807) is 11.3 Å². The Morgan fingerprint density at radius 3 is 2.65 bits per heavy atom. The Balaban J connectivity index is 2.02. The zero-order valence-corrected chi connectivity index (χ0v) is 9.77. The van der Waals surface area contributed by atoms with Gasteiger partial charge in [-0.15, -0.1) is 0 Å². The summed E-state index contributed by atoms with van der Waals surface area (Å²) in [6.07, 6.45) is 0.934. The molecule has 4 heteroatoms. The molecule has 88 valence electrons. The second kappa shape index (κ2) is 5.19. The standard InChI is InChI=1S/C13H10F2OS/c14-11-3-2-10(7-12(11)15)13(16)4-1-9-5-6-17-8-9/h2-3,5-8H,1,4H2. The number of hydrogen-bond acceptors (Lipinski definition) is 2. The molecule has 1 aromatic heterocycles. The summed E-state index contributed by atoms with van der Waals surface area (Å²) in [7, 11) is 0. The SMILES string of the molecule is O=C(CCc1ccsc1)c1ccc(F)c(F)c1. The summed E-state index contributed by atoms with van der Waals surface area (Å²) in [5.74, 6) is -2.08. The first kappa shape index (κ1) is 11.9. The van der Waals surface area contributed by atoms with Gasteiger partial charge >= 0.3 is 0 Å². The largest absolute Gasteiger partial charge is 0.294 e. The van der Waals surface area contributed by atoms with Crippen molar-refractivity contribution in [2.24, 2.45) is 0 Å². The third-order valence-electron chi connectivity index (χ3n) is 2.46. The highest BCUT2D eigenvalue weighted by Crippen LogP contribution is 2.13. The number of rotatable bonds is 4. The lowest BCUT2D eigenvalue weighted by Crippen LogP contribution is -2.02. The summed E-state index contributed by atoms with van der Waals surface area (Å²) in [4.78, 5) is 11.7. The molecule has 0 bridgehead atoms. The van der Waals surface area contributed by atoms with E-state index in [9.17, 15) is 13.6 Å². The topological polar surface area (TPSA) is 17.1 Å². The van der Waals surface area contributed by atoms with Crippen LogP contribution >= 0.6 is 11.3 Å². The predicted octanol–water partition coefficient (Wildman–Crippen LogP) is 3.84. The Hall–Kier alpha value is -1.55. The maximum atomic E-state index is 12.9. The number of aryl methyl sites for hydroxylation is 1. The molecular weight excluding hydrogens is 242 g/mol. The van der Waals surface area contributed by atoms with Crippen molar-refractivity contribution in [3.63, 3.8) is 0 Å². The fourth-order valence-electron chi connectivity index (χ4n) is 1.51. The second-order valence-corrected chi connectivity index (χ2v) is 4.46. The van der Waals surface area contributed by atoms with E-state index in [1.165, 1.54) is 6.07 Å². The number of carbonyl (C=O) groups is 1. The summed E-state index contributed by atoms with van der Waals surface area (Å²) in [6, 6.07) is 5.19. The molecule has 0 spiro atoms. The molecule has 0 saturated carbocycles. The fraction of sp³-hybridized carbons (Fsp3) is 0.154. The lowest BCUT2D eigenvalue weighted by atomic mass is 10.0. The van der Waals surface area contributed by atoms with Crippen LogP contribution in [0.25, 0.3) is 0 Å². The van der Waals surface area contributed by atoms with E-state index < -0.39 is 11.6 Å². The van der Waals surface area contributed by atoms with Gasteiger partial charge in [-0.1, -0.05) is 0 Å². The minimum Gasteiger partial charge on any atom is -0.294 e. The van der Waals surface area contributed by atoms with Crippen LogP contribution in [0.3, 0.4) is 0 Å². The van der Waals surface area contributed by atoms with E-state index in [1.807, 2.05) is 16.8 Å². The molecule has 0 N–H and O–H groups in total. The van der Waals surface area contributed by atoms with Crippen molar-refractivity contribution in [3.05, 3.63) is 57.8 Å². The van der Waals surface area contributed by atoms with E-state index >= 15 is 0 Å². The number of benzene rings is 1. The molecular formula is C13H10F2OS. The van der Waals surface area contributed by atoms with Gasteiger partial charge in [-0.3, -0.25) is 4.79 Å². The minimum atomic E-state index is -0.980. The van der Waals surface area contributed by atoms with Gasteiger partial charge in [-0.25, -0.2) is 8.78 Å². The number of ketones is 1. The van der Waals surface area contributed by atoms with Crippen LogP contribution < -0.4 is 0 Å². The van der Waals surface area contributed by atoms with Crippen LogP contribution in [-0.4, -0.2) is 5.78 Å². The van der Waals surface area contributed by atoms with Crippen LogP contribution in [0.15, 0.2) is 35.0 Å². The Kier molecular flexibility index (Phi) is 3.64. The minimum absolute atomic E-state index is 0.171. The first-order valence-corrected chi connectivity index (χ1v) is 6.10. The molecule has 1 aromatic carbocycles. The van der Waals surface area contributed by atoms with Gasteiger partial charge in [-0.2, -0.15) is 11.3 Å². The van der Waals surface area contributed by atoms with Crippen LogP contribution in [0.2, 0.25) is 0 Å². The molecule has 0 aliphatic carbocycles. The van der Waals surface area contributed by atoms with Gasteiger partial charge in [0.2, 0.25) is 0 Å². The van der Waals surface area contributed by atoms with Gasteiger partial charge in [0.25, 0.3) is 0 Å². The number of carbonyl (C=O) groups excluding carboxylic acids is 1. The quantitative estimate of drug-likeness (QED) is 0.755. The summed E-state index contributed by atoms with van der Waals surface area (Å²) in [5, 5.41) is 3.91. The van der Waals surface area contributed by atoms with Crippen molar-refractivity contribution >= 4 is 17.1 Å². The van der Waals surface area contributed by atoms with Crippen molar-refractivity contribution in [1.29, 1.82) is 0 Å². The third-order valence-corrected chi connectivity index (χ3v) is 3.19. The Labute approximate surface area is 102 Å². The lowest BCUT2D eigenvalue weighted by molar-refractivity contribution is 0.0982. The maximum Gasteiger partial charge on any atom is 0.163 e. The second-order valence-electron chi connectivity index (χ2n) is 3.68. The smallest absolute Gasteiger partial charge is 0.163 e. The molecule has 0 saturated heterocycles. The van der Waals surface area contributed by atoms with E-state index in [4.69, 9.17) is 0 Å². The third kappa shape index (κ3) is 2.97. The molecule has 0 unspecified atom stereocenters. The number of hydrogen-bond donors (Lipinski definition) is 0. The van der Waals surface area contributed by atoms with E-state index in [2.05, 4.69) is 0 Å². The Morgan fingerprint density at radius 1 is 1.18 bits per heavy atom. The number of Topliss-reactive ketones (excluding diaryl/α,β-unsaturated/α-hetero) is 1. The van der Waals surface area contributed by atoms with Crippen LogP contribution in [-0.2, 0) is 6.42 Å². The molecule has 0 atom stereocenters. The average molecular weight is 252 g/mol. The molecule has 0 fully saturated rings. The molecule has 2 rings (SSSR count). The molecule has 0 aliphatic rings. The first-order valence-electron chi connectivity index (χ1n) is 5.16. The number of halogens is 2.